The summed E-state index contributed by atoms with van der Waals surface area (Å²) in [6.07, 6.45) is 5.88. The van der Waals surface area contributed by atoms with Crippen LogP contribution in [-0.4, -0.2) is 13.3 Å². The molecule has 0 aromatic carbocycles. The van der Waals surface area contributed by atoms with Gasteiger partial charge < -0.3 is 5.32 Å². The molecule has 0 atom stereocenters. The molecule has 0 aromatic heterocycles. The minimum atomic E-state index is 0.773. The fraction of sp³-hybridized carbons (Fsp3) is 0.286. The predicted molar refractivity (Wildman–Crippen MR) is 38.0 cm³/mol. The quantitative estimate of drug-likeness (QED) is 0.344. The SMILES string of the molecule is CN/C=C\C(C)=C/C=O. The zero-order chi connectivity index (χ0) is 7.11. The summed E-state index contributed by atoms with van der Waals surface area (Å²) in [7, 11) is 1.81. The first-order chi connectivity index (χ1) is 4.31. The third kappa shape index (κ3) is 4.81. The summed E-state index contributed by atoms with van der Waals surface area (Å²) >= 11 is 0. The van der Waals surface area contributed by atoms with E-state index in [1.54, 1.807) is 6.20 Å². The van der Waals surface area contributed by atoms with Crippen molar-refractivity contribution in [1.29, 1.82) is 0 Å². The average Bonchev–Trinajstić information content (AvgIpc) is 1.85. The second-order valence-corrected chi connectivity index (χ2v) is 1.67. The van der Waals surface area contributed by atoms with Gasteiger partial charge in [0.25, 0.3) is 0 Å². The first-order valence-corrected chi connectivity index (χ1v) is 2.77. The molecule has 0 heterocycles. The summed E-state index contributed by atoms with van der Waals surface area (Å²) in [5.41, 5.74) is 0.944. The molecule has 0 rings (SSSR count). The molecule has 0 aliphatic heterocycles. The number of aldehydes is 1. The van der Waals surface area contributed by atoms with E-state index in [0.717, 1.165) is 11.9 Å². The molecule has 0 bridgehead atoms. The summed E-state index contributed by atoms with van der Waals surface area (Å²) in [5, 5.41) is 2.82. The first kappa shape index (κ1) is 7.95. The molecule has 0 amide bonds. The number of nitrogens with one attached hydrogen (secondary N) is 1. The fourth-order valence-electron chi connectivity index (χ4n) is 0.378. The predicted octanol–water partition coefficient (Wildman–Crippen LogP) is 0.865. The van der Waals surface area contributed by atoms with Gasteiger partial charge in [0.05, 0.1) is 0 Å². The lowest BCUT2D eigenvalue weighted by Gasteiger charge is -1.86. The molecule has 0 spiro atoms. The molecule has 0 saturated heterocycles. The van der Waals surface area contributed by atoms with Crippen LogP contribution in [0.25, 0.3) is 0 Å². The Morgan fingerprint density at radius 1 is 1.56 bits per heavy atom. The third-order valence-electron chi connectivity index (χ3n) is 0.844. The van der Waals surface area contributed by atoms with Gasteiger partial charge in [-0.3, -0.25) is 4.79 Å². The topological polar surface area (TPSA) is 29.1 Å². The van der Waals surface area contributed by atoms with Crippen molar-refractivity contribution in [3.63, 3.8) is 0 Å². The highest BCUT2D eigenvalue weighted by molar-refractivity contribution is 5.66. The van der Waals surface area contributed by atoms with E-state index in [1.165, 1.54) is 6.08 Å². The van der Waals surface area contributed by atoms with Crippen molar-refractivity contribution < 1.29 is 4.79 Å². The molecule has 0 aliphatic rings. The number of allylic oxidation sites excluding steroid dienone is 3. The molecule has 1 N–H and O–H groups in total. The molecule has 9 heavy (non-hydrogen) atoms. The standard InChI is InChI=1S/C7H11NO/c1-7(4-6-9)3-5-8-2/h3-6,8H,1-2H3/b5-3-,7-4-. The molecule has 2 nitrogen and oxygen atoms in total. The van der Waals surface area contributed by atoms with E-state index in [2.05, 4.69) is 5.32 Å². The van der Waals surface area contributed by atoms with E-state index in [4.69, 9.17) is 0 Å². The summed E-state index contributed by atoms with van der Waals surface area (Å²) in [6, 6.07) is 0. The normalized spacial score (nSPS) is 12.0. The zero-order valence-electron chi connectivity index (χ0n) is 5.72. The third-order valence-corrected chi connectivity index (χ3v) is 0.844. The van der Waals surface area contributed by atoms with Crippen LogP contribution in [0.5, 0.6) is 0 Å². The lowest BCUT2D eigenvalue weighted by atomic mass is 10.3. The summed E-state index contributed by atoms with van der Waals surface area (Å²) in [4.78, 5) is 9.85. The van der Waals surface area contributed by atoms with Crippen LogP contribution in [0.4, 0.5) is 0 Å². The van der Waals surface area contributed by atoms with Gasteiger partial charge >= 0.3 is 0 Å². The van der Waals surface area contributed by atoms with Gasteiger partial charge in [-0.2, -0.15) is 0 Å². The van der Waals surface area contributed by atoms with Crippen LogP contribution in [-0.2, 0) is 4.79 Å². The Hall–Kier alpha value is -1.05. The van der Waals surface area contributed by atoms with Crippen LogP contribution in [0, 0.1) is 0 Å². The van der Waals surface area contributed by atoms with E-state index in [9.17, 15) is 4.79 Å². The van der Waals surface area contributed by atoms with E-state index < -0.39 is 0 Å². The maximum atomic E-state index is 9.85. The average molecular weight is 125 g/mol. The van der Waals surface area contributed by atoms with Gasteiger partial charge in [-0.15, -0.1) is 0 Å². The summed E-state index contributed by atoms with van der Waals surface area (Å²) in [5.74, 6) is 0. The van der Waals surface area contributed by atoms with E-state index in [0.29, 0.717) is 0 Å². The lowest BCUT2D eigenvalue weighted by molar-refractivity contribution is -0.104. The van der Waals surface area contributed by atoms with Crippen molar-refractivity contribution in [2.45, 2.75) is 6.92 Å². The molecule has 0 fully saturated rings. The number of carbonyl (C=O) groups is 1. The molecule has 0 saturated carbocycles. The highest BCUT2D eigenvalue weighted by Gasteiger charge is 1.75. The minimum Gasteiger partial charge on any atom is -0.394 e. The second-order valence-electron chi connectivity index (χ2n) is 1.67. The van der Waals surface area contributed by atoms with Crippen molar-refractivity contribution in [2.24, 2.45) is 0 Å². The second kappa shape index (κ2) is 5.09. The van der Waals surface area contributed by atoms with Crippen LogP contribution in [0.1, 0.15) is 6.92 Å². The van der Waals surface area contributed by atoms with Gasteiger partial charge in [0, 0.05) is 7.05 Å². The monoisotopic (exact) mass is 125 g/mol. The van der Waals surface area contributed by atoms with Crippen molar-refractivity contribution in [3.8, 4) is 0 Å². The van der Waals surface area contributed by atoms with Gasteiger partial charge in [0.2, 0.25) is 0 Å². The Balaban J connectivity index is 3.74. The van der Waals surface area contributed by atoms with Gasteiger partial charge in [-0.1, -0.05) is 0 Å². The van der Waals surface area contributed by atoms with Crippen LogP contribution in [0.3, 0.4) is 0 Å². The molecular weight excluding hydrogens is 114 g/mol. The van der Waals surface area contributed by atoms with Crippen molar-refractivity contribution in [1.82, 2.24) is 5.32 Å². The highest BCUT2D eigenvalue weighted by atomic mass is 16.1. The molecule has 50 valence electrons. The van der Waals surface area contributed by atoms with Crippen molar-refractivity contribution >= 4 is 6.29 Å². The van der Waals surface area contributed by atoms with Gasteiger partial charge in [-0.05, 0) is 30.8 Å². The number of hydrogen-bond donors (Lipinski definition) is 1. The first-order valence-electron chi connectivity index (χ1n) is 2.77. The Bertz CT molecular complexity index is 136. The Kier molecular flexibility index (Phi) is 4.50. The number of rotatable bonds is 3. The minimum absolute atomic E-state index is 0.773. The Morgan fingerprint density at radius 2 is 2.22 bits per heavy atom. The lowest BCUT2D eigenvalue weighted by Crippen LogP contribution is -1.90. The molecule has 0 unspecified atom stereocenters. The van der Waals surface area contributed by atoms with E-state index in [1.807, 2.05) is 20.0 Å². The summed E-state index contributed by atoms with van der Waals surface area (Å²) < 4.78 is 0. The van der Waals surface area contributed by atoms with E-state index >= 15 is 0 Å². The van der Waals surface area contributed by atoms with Crippen LogP contribution in [0.15, 0.2) is 23.9 Å². The highest BCUT2D eigenvalue weighted by Crippen LogP contribution is 1.89. The fourth-order valence-corrected chi connectivity index (χ4v) is 0.378. The van der Waals surface area contributed by atoms with Crippen molar-refractivity contribution in [3.05, 3.63) is 23.9 Å². The summed E-state index contributed by atoms with van der Waals surface area (Å²) in [6.45, 7) is 1.86. The smallest absolute Gasteiger partial charge is 0.143 e. The van der Waals surface area contributed by atoms with Crippen LogP contribution < -0.4 is 5.32 Å². The van der Waals surface area contributed by atoms with Gasteiger partial charge in [0.1, 0.15) is 6.29 Å². The van der Waals surface area contributed by atoms with Crippen molar-refractivity contribution in [2.75, 3.05) is 7.05 Å². The van der Waals surface area contributed by atoms with Crippen LogP contribution >= 0.6 is 0 Å². The maximum Gasteiger partial charge on any atom is 0.143 e. The van der Waals surface area contributed by atoms with Crippen LogP contribution in [0.2, 0.25) is 0 Å². The molecule has 0 aromatic rings. The maximum absolute atomic E-state index is 9.85. The number of hydrogen-bond acceptors (Lipinski definition) is 2. The molecule has 0 aliphatic carbocycles. The Morgan fingerprint density at radius 3 is 2.67 bits per heavy atom. The van der Waals surface area contributed by atoms with E-state index in [-0.39, 0.29) is 0 Å². The number of carbonyl (C=O) groups excluding carboxylic acids is 1. The van der Waals surface area contributed by atoms with Gasteiger partial charge in [-0.25, -0.2) is 0 Å². The van der Waals surface area contributed by atoms with Gasteiger partial charge in [0.15, 0.2) is 0 Å². The Labute approximate surface area is 55.3 Å². The molecule has 0 radical (unpaired) electrons. The zero-order valence-corrected chi connectivity index (χ0v) is 5.72. The molecular formula is C7H11NO. The largest absolute Gasteiger partial charge is 0.394 e. The molecule has 2 heteroatoms.